The number of hydrogen-bond acceptors (Lipinski definition) is 3. The van der Waals surface area contributed by atoms with Crippen molar-refractivity contribution in [2.45, 2.75) is 20.8 Å². The number of nitrogens with zero attached hydrogens (tertiary/aromatic N) is 2. The number of anilines is 1. The Morgan fingerprint density at radius 2 is 2.16 bits per heavy atom. The fourth-order valence-corrected chi connectivity index (χ4v) is 1.60. The molecule has 1 N–H and O–H groups in total. The summed E-state index contributed by atoms with van der Waals surface area (Å²) in [5, 5.41) is 2.57. The molecule has 0 fully saturated rings. The van der Waals surface area contributed by atoms with Crippen molar-refractivity contribution < 1.29 is 9.59 Å². The van der Waals surface area contributed by atoms with Crippen molar-refractivity contribution in [3.63, 3.8) is 0 Å². The molecule has 0 aliphatic heterocycles. The third-order valence-corrected chi connectivity index (χ3v) is 2.48. The van der Waals surface area contributed by atoms with Gasteiger partial charge in [0, 0.05) is 30.7 Å². The van der Waals surface area contributed by atoms with Gasteiger partial charge in [0.05, 0.1) is 0 Å². The highest BCUT2D eigenvalue weighted by atomic mass is 16.2. The molecular weight excluding hydrogens is 242 g/mol. The Morgan fingerprint density at radius 3 is 2.68 bits per heavy atom. The highest BCUT2D eigenvalue weighted by Gasteiger charge is 2.20. The molecule has 0 bridgehead atoms. The molecule has 0 saturated carbocycles. The van der Waals surface area contributed by atoms with E-state index in [0.29, 0.717) is 18.8 Å². The number of rotatable bonds is 4. The second-order valence-corrected chi connectivity index (χ2v) is 4.42. The van der Waals surface area contributed by atoms with E-state index in [-0.39, 0.29) is 0 Å². The lowest BCUT2D eigenvalue weighted by atomic mass is 10.3. The molecule has 0 radical (unpaired) electrons. The molecule has 102 valence electrons. The van der Waals surface area contributed by atoms with Crippen LogP contribution in [0.3, 0.4) is 0 Å². The monoisotopic (exact) mass is 261 g/mol. The van der Waals surface area contributed by atoms with E-state index in [4.69, 9.17) is 0 Å². The number of aryl methyl sites for hydroxylation is 1. The molecule has 0 aromatic carbocycles. The number of carbonyl (C=O) groups is 2. The number of pyridine rings is 1. The standard InChI is InChI=1S/C14H19N3O2/c1-5-17(9-10(2)3)14(19)13(18)16-12-6-7-15-11(4)8-12/h6-8H,2,5,9H2,1,3-4H3,(H,15,16,18). The Labute approximate surface area is 113 Å². The normalized spacial score (nSPS) is 9.84. The minimum absolute atomic E-state index is 0.387. The molecule has 1 aromatic heterocycles. The van der Waals surface area contributed by atoms with E-state index in [1.54, 1.807) is 18.3 Å². The third-order valence-electron chi connectivity index (χ3n) is 2.48. The van der Waals surface area contributed by atoms with Crippen LogP contribution in [0.4, 0.5) is 5.69 Å². The van der Waals surface area contributed by atoms with Crippen molar-refractivity contribution in [2.75, 3.05) is 18.4 Å². The van der Waals surface area contributed by atoms with Crippen LogP contribution in [-0.4, -0.2) is 34.8 Å². The molecule has 1 rings (SSSR count). The van der Waals surface area contributed by atoms with Crippen molar-refractivity contribution >= 4 is 17.5 Å². The maximum absolute atomic E-state index is 12.0. The van der Waals surface area contributed by atoms with Crippen molar-refractivity contribution in [3.05, 3.63) is 36.2 Å². The number of aromatic nitrogens is 1. The lowest BCUT2D eigenvalue weighted by molar-refractivity contribution is -0.142. The molecule has 0 unspecified atom stereocenters. The molecule has 1 heterocycles. The molecule has 0 aliphatic rings. The molecule has 0 atom stereocenters. The summed E-state index contributed by atoms with van der Waals surface area (Å²) < 4.78 is 0. The minimum atomic E-state index is -0.645. The second kappa shape index (κ2) is 6.68. The molecule has 1 aromatic rings. The van der Waals surface area contributed by atoms with Crippen LogP contribution in [0.1, 0.15) is 19.5 Å². The van der Waals surface area contributed by atoms with Crippen LogP contribution in [0, 0.1) is 6.92 Å². The Hall–Kier alpha value is -2.17. The predicted molar refractivity (Wildman–Crippen MR) is 74.7 cm³/mol. The van der Waals surface area contributed by atoms with Crippen LogP contribution in [0.15, 0.2) is 30.5 Å². The maximum Gasteiger partial charge on any atom is 0.313 e. The van der Waals surface area contributed by atoms with E-state index in [9.17, 15) is 9.59 Å². The van der Waals surface area contributed by atoms with E-state index in [2.05, 4.69) is 16.9 Å². The fourth-order valence-electron chi connectivity index (χ4n) is 1.60. The van der Waals surface area contributed by atoms with Crippen LogP contribution in [0.2, 0.25) is 0 Å². The van der Waals surface area contributed by atoms with Gasteiger partial charge in [0.25, 0.3) is 0 Å². The van der Waals surface area contributed by atoms with Gasteiger partial charge in [0.1, 0.15) is 0 Å². The first-order valence-corrected chi connectivity index (χ1v) is 6.11. The summed E-state index contributed by atoms with van der Waals surface area (Å²) in [6.45, 7) is 10.1. The Morgan fingerprint density at radius 1 is 1.47 bits per heavy atom. The van der Waals surface area contributed by atoms with Crippen molar-refractivity contribution in [2.24, 2.45) is 0 Å². The first kappa shape index (κ1) is 14.9. The largest absolute Gasteiger partial charge is 0.331 e. The molecule has 0 aliphatic carbocycles. The molecule has 0 spiro atoms. The summed E-state index contributed by atoms with van der Waals surface area (Å²) in [6.07, 6.45) is 1.58. The summed E-state index contributed by atoms with van der Waals surface area (Å²) in [6, 6.07) is 3.35. The van der Waals surface area contributed by atoms with Crippen LogP contribution in [-0.2, 0) is 9.59 Å². The number of amides is 2. The van der Waals surface area contributed by atoms with E-state index in [1.807, 2.05) is 20.8 Å². The molecule has 5 heteroatoms. The quantitative estimate of drug-likeness (QED) is 0.663. The van der Waals surface area contributed by atoms with Gasteiger partial charge in [-0.25, -0.2) is 0 Å². The fraction of sp³-hybridized carbons (Fsp3) is 0.357. The van der Waals surface area contributed by atoms with Gasteiger partial charge in [0.2, 0.25) is 0 Å². The zero-order valence-corrected chi connectivity index (χ0v) is 11.6. The van der Waals surface area contributed by atoms with E-state index in [0.717, 1.165) is 11.3 Å². The lowest BCUT2D eigenvalue weighted by Crippen LogP contribution is -2.40. The lowest BCUT2D eigenvalue weighted by Gasteiger charge is -2.20. The smallest absolute Gasteiger partial charge is 0.313 e. The second-order valence-electron chi connectivity index (χ2n) is 4.42. The maximum atomic E-state index is 12.0. The van der Waals surface area contributed by atoms with Crippen LogP contribution < -0.4 is 5.32 Å². The summed E-state index contributed by atoms with van der Waals surface area (Å²) in [4.78, 5) is 29.3. The average Bonchev–Trinajstić information content (AvgIpc) is 2.34. The summed E-state index contributed by atoms with van der Waals surface area (Å²) in [5.41, 5.74) is 2.18. The van der Waals surface area contributed by atoms with Gasteiger partial charge >= 0.3 is 11.8 Å². The van der Waals surface area contributed by atoms with Crippen molar-refractivity contribution in [3.8, 4) is 0 Å². The number of hydrogen-bond donors (Lipinski definition) is 1. The van der Waals surface area contributed by atoms with Gasteiger partial charge in [-0.2, -0.15) is 0 Å². The number of likely N-dealkylation sites (N-methyl/N-ethyl adjacent to an activating group) is 1. The minimum Gasteiger partial charge on any atom is -0.331 e. The van der Waals surface area contributed by atoms with Crippen molar-refractivity contribution in [1.29, 1.82) is 0 Å². The SMILES string of the molecule is C=C(C)CN(CC)C(=O)C(=O)Nc1ccnc(C)c1. The summed E-state index contributed by atoms with van der Waals surface area (Å²) in [7, 11) is 0. The highest BCUT2D eigenvalue weighted by molar-refractivity contribution is 6.39. The molecule has 19 heavy (non-hydrogen) atoms. The van der Waals surface area contributed by atoms with Gasteiger partial charge in [0.15, 0.2) is 0 Å². The summed E-state index contributed by atoms with van der Waals surface area (Å²) >= 11 is 0. The van der Waals surface area contributed by atoms with E-state index in [1.165, 1.54) is 4.90 Å². The Kier molecular flexibility index (Phi) is 5.23. The molecular formula is C14H19N3O2. The van der Waals surface area contributed by atoms with E-state index >= 15 is 0 Å². The average molecular weight is 261 g/mol. The third kappa shape index (κ3) is 4.54. The van der Waals surface area contributed by atoms with Gasteiger partial charge < -0.3 is 10.2 Å². The highest BCUT2D eigenvalue weighted by Crippen LogP contribution is 2.07. The molecule has 0 saturated heterocycles. The first-order valence-electron chi connectivity index (χ1n) is 6.11. The number of nitrogens with one attached hydrogen (secondary N) is 1. The molecule has 5 nitrogen and oxygen atoms in total. The first-order chi connectivity index (χ1) is 8.93. The van der Waals surface area contributed by atoms with Crippen LogP contribution in [0.5, 0.6) is 0 Å². The topological polar surface area (TPSA) is 62.3 Å². The van der Waals surface area contributed by atoms with Gasteiger partial charge in [-0.1, -0.05) is 12.2 Å². The molecule has 2 amide bonds. The number of carbonyl (C=O) groups excluding carboxylic acids is 2. The zero-order valence-electron chi connectivity index (χ0n) is 11.6. The van der Waals surface area contributed by atoms with Gasteiger partial charge in [-0.05, 0) is 32.9 Å². The Balaban J connectivity index is 2.71. The van der Waals surface area contributed by atoms with Gasteiger partial charge in [-0.15, -0.1) is 0 Å². The Bertz CT molecular complexity index is 497. The zero-order chi connectivity index (χ0) is 14.4. The van der Waals surface area contributed by atoms with Crippen molar-refractivity contribution in [1.82, 2.24) is 9.88 Å². The van der Waals surface area contributed by atoms with Crippen LogP contribution >= 0.6 is 0 Å². The van der Waals surface area contributed by atoms with Gasteiger partial charge in [-0.3, -0.25) is 14.6 Å². The summed E-state index contributed by atoms with van der Waals surface area (Å²) in [5.74, 6) is -1.20. The van der Waals surface area contributed by atoms with Crippen LogP contribution in [0.25, 0.3) is 0 Å². The predicted octanol–water partition coefficient (Wildman–Crippen LogP) is 1.75. The van der Waals surface area contributed by atoms with E-state index < -0.39 is 11.8 Å².